The van der Waals surface area contributed by atoms with Crippen LogP contribution in [-0.2, 0) is 13.6 Å². The minimum Gasteiger partial charge on any atom is -0.330 e. The van der Waals surface area contributed by atoms with Crippen molar-refractivity contribution < 1.29 is 9.72 Å². The number of hydrogen-bond acceptors (Lipinski definition) is 6. The van der Waals surface area contributed by atoms with Gasteiger partial charge in [0.05, 0.1) is 27.7 Å². The quantitative estimate of drug-likeness (QED) is 0.389. The van der Waals surface area contributed by atoms with Crippen molar-refractivity contribution >= 4 is 52.4 Å². The zero-order valence-corrected chi connectivity index (χ0v) is 15.9. The standard InChI is InChI=1S/C16H13ClN6O4S/c1-22-7-9(4-12(15(22)25)23(26)27)14(24)20-21-16(28)19-11-3-2-8-5-18-6-10(8)13(11)17/h2-4,6-7H,5H2,1H3,(H,20,24)(H2,19,21,28). The summed E-state index contributed by atoms with van der Waals surface area (Å²) < 4.78 is 0.954. The molecule has 0 fully saturated rings. The van der Waals surface area contributed by atoms with Crippen LogP contribution in [0.15, 0.2) is 34.2 Å². The lowest BCUT2D eigenvalue weighted by molar-refractivity contribution is -0.386. The second kappa shape index (κ2) is 7.74. The first-order valence-electron chi connectivity index (χ1n) is 7.81. The zero-order valence-electron chi connectivity index (χ0n) is 14.4. The molecule has 0 aliphatic carbocycles. The smallest absolute Gasteiger partial charge is 0.330 e. The maximum atomic E-state index is 12.2. The van der Waals surface area contributed by atoms with Gasteiger partial charge in [-0.25, -0.2) is 0 Å². The van der Waals surface area contributed by atoms with Crippen molar-refractivity contribution in [1.29, 1.82) is 0 Å². The fraction of sp³-hybridized carbons (Fsp3) is 0.125. The van der Waals surface area contributed by atoms with E-state index in [0.717, 1.165) is 21.8 Å². The van der Waals surface area contributed by atoms with Crippen LogP contribution in [0.1, 0.15) is 21.5 Å². The molecule has 1 aliphatic rings. The lowest BCUT2D eigenvalue weighted by atomic mass is 10.1. The molecule has 0 unspecified atom stereocenters. The van der Waals surface area contributed by atoms with Gasteiger partial charge in [0.25, 0.3) is 5.91 Å². The molecule has 1 amide bonds. The van der Waals surface area contributed by atoms with Gasteiger partial charge in [-0.15, -0.1) is 0 Å². The molecule has 0 bridgehead atoms. The van der Waals surface area contributed by atoms with Crippen molar-refractivity contribution in [3.63, 3.8) is 0 Å². The number of nitrogens with zero attached hydrogens (tertiary/aromatic N) is 3. The average molecular weight is 421 g/mol. The first-order valence-corrected chi connectivity index (χ1v) is 8.60. The summed E-state index contributed by atoms with van der Waals surface area (Å²) in [7, 11) is 1.31. The number of benzene rings is 1. The van der Waals surface area contributed by atoms with E-state index in [-0.39, 0.29) is 10.7 Å². The van der Waals surface area contributed by atoms with E-state index in [9.17, 15) is 19.7 Å². The van der Waals surface area contributed by atoms with Crippen molar-refractivity contribution in [3.8, 4) is 0 Å². The van der Waals surface area contributed by atoms with E-state index in [0.29, 0.717) is 17.3 Å². The van der Waals surface area contributed by atoms with Crippen LogP contribution in [-0.4, -0.2) is 26.7 Å². The van der Waals surface area contributed by atoms with Gasteiger partial charge in [-0.2, -0.15) is 0 Å². The summed E-state index contributed by atoms with van der Waals surface area (Å²) in [6.45, 7) is 0.569. The molecular weight excluding hydrogens is 408 g/mol. The summed E-state index contributed by atoms with van der Waals surface area (Å²) in [5.74, 6) is -0.713. The van der Waals surface area contributed by atoms with Crippen LogP contribution in [0.25, 0.3) is 0 Å². The van der Waals surface area contributed by atoms with Crippen LogP contribution < -0.4 is 21.7 Å². The molecule has 1 aliphatic heterocycles. The molecular formula is C16H13ClN6O4S. The third-order valence-corrected chi connectivity index (χ3v) is 4.52. The molecule has 12 heteroatoms. The fourth-order valence-electron chi connectivity index (χ4n) is 2.53. The van der Waals surface area contributed by atoms with E-state index >= 15 is 0 Å². The van der Waals surface area contributed by atoms with E-state index in [4.69, 9.17) is 23.8 Å². The Bertz CT molecular complexity index is 1100. The molecule has 144 valence electrons. The maximum Gasteiger partial charge on any atom is 0.334 e. The highest BCUT2D eigenvalue weighted by Gasteiger charge is 2.19. The summed E-state index contributed by atoms with van der Waals surface area (Å²) in [4.78, 5) is 38.1. The summed E-state index contributed by atoms with van der Waals surface area (Å²) in [5.41, 5.74) is 5.50. The monoisotopic (exact) mass is 420 g/mol. The second-order valence-electron chi connectivity index (χ2n) is 5.79. The Morgan fingerprint density at radius 1 is 1.39 bits per heavy atom. The Labute approximate surface area is 168 Å². The SMILES string of the molecule is Cn1cc(C(=O)NNC(=S)Nc2ccc3c(c2Cl)C=NC3)cc([N+](=O)[O-])c1=O. The number of pyridine rings is 1. The highest BCUT2D eigenvalue weighted by atomic mass is 35.5. The summed E-state index contributed by atoms with van der Waals surface area (Å²) in [6.07, 6.45) is 2.85. The van der Waals surface area contributed by atoms with Crippen LogP contribution >= 0.6 is 23.8 Å². The van der Waals surface area contributed by atoms with Crippen molar-refractivity contribution in [2.75, 3.05) is 5.32 Å². The van der Waals surface area contributed by atoms with Crippen molar-refractivity contribution in [3.05, 3.63) is 66.6 Å². The number of nitrogens with one attached hydrogen (secondary N) is 3. The first kappa shape index (κ1) is 19.5. The van der Waals surface area contributed by atoms with Crippen LogP contribution in [0.3, 0.4) is 0 Å². The van der Waals surface area contributed by atoms with E-state index < -0.39 is 22.1 Å². The van der Waals surface area contributed by atoms with Gasteiger partial charge in [0.2, 0.25) is 0 Å². The summed E-state index contributed by atoms with van der Waals surface area (Å²) >= 11 is 11.4. The molecule has 0 radical (unpaired) electrons. The molecule has 10 nitrogen and oxygen atoms in total. The van der Waals surface area contributed by atoms with Gasteiger partial charge < -0.3 is 9.88 Å². The average Bonchev–Trinajstić information content (AvgIpc) is 3.13. The Hall–Kier alpha value is -3.31. The van der Waals surface area contributed by atoms with Gasteiger partial charge in [-0.05, 0) is 23.8 Å². The van der Waals surface area contributed by atoms with E-state index in [1.165, 1.54) is 13.2 Å². The fourth-order valence-corrected chi connectivity index (χ4v) is 2.97. The summed E-state index contributed by atoms with van der Waals surface area (Å²) in [5, 5.41) is 14.3. The third kappa shape index (κ3) is 3.85. The van der Waals surface area contributed by atoms with Crippen molar-refractivity contribution in [1.82, 2.24) is 15.4 Å². The van der Waals surface area contributed by atoms with Gasteiger partial charge in [-0.1, -0.05) is 17.7 Å². The number of anilines is 1. The van der Waals surface area contributed by atoms with Crippen molar-refractivity contribution in [2.24, 2.45) is 12.0 Å². The highest BCUT2D eigenvalue weighted by Crippen LogP contribution is 2.30. The number of amides is 1. The number of fused-ring (bicyclic) bond motifs is 1. The number of aryl methyl sites for hydroxylation is 1. The largest absolute Gasteiger partial charge is 0.334 e. The number of carbonyl (C=O) groups excluding carboxylic acids is 1. The third-order valence-electron chi connectivity index (χ3n) is 3.91. The number of carbonyl (C=O) groups is 1. The molecule has 2 heterocycles. The number of nitro groups is 1. The number of hydrogen-bond donors (Lipinski definition) is 3. The molecule has 0 atom stereocenters. The minimum absolute atomic E-state index is 0.0458. The second-order valence-corrected chi connectivity index (χ2v) is 6.58. The van der Waals surface area contributed by atoms with Crippen LogP contribution in [0.2, 0.25) is 5.02 Å². The van der Waals surface area contributed by atoms with Gasteiger partial charge in [0.1, 0.15) is 0 Å². The van der Waals surface area contributed by atoms with E-state index in [2.05, 4.69) is 21.2 Å². The first-order chi connectivity index (χ1) is 13.3. The lowest BCUT2D eigenvalue weighted by Crippen LogP contribution is -2.44. The predicted molar refractivity (Wildman–Crippen MR) is 108 cm³/mol. The number of thiocarbonyl (C=S) groups is 1. The lowest BCUT2D eigenvalue weighted by Gasteiger charge is -2.14. The van der Waals surface area contributed by atoms with Crippen molar-refractivity contribution in [2.45, 2.75) is 6.54 Å². The maximum absolute atomic E-state index is 12.2. The number of aliphatic imine (C=N–C) groups is 1. The molecule has 1 aromatic heterocycles. The van der Waals surface area contributed by atoms with E-state index in [1.807, 2.05) is 6.07 Å². The summed E-state index contributed by atoms with van der Waals surface area (Å²) in [6, 6.07) is 4.50. The van der Waals surface area contributed by atoms with Crippen LogP contribution in [0.5, 0.6) is 0 Å². The Balaban J connectivity index is 1.67. The van der Waals surface area contributed by atoms with E-state index in [1.54, 1.807) is 12.3 Å². The number of aromatic nitrogens is 1. The minimum atomic E-state index is -0.849. The normalized spacial score (nSPS) is 11.6. The van der Waals surface area contributed by atoms with Crippen LogP contribution in [0.4, 0.5) is 11.4 Å². The molecule has 3 N–H and O–H groups in total. The molecule has 0 saturated heterocycles. The van der Waals surface area contributed by atoms with Gasteiger partial charge in [0.15, 0.2) is 5.11 Å². The Morgan fingerprint density at radius 3 is 2.86 bits per heavy atom. The number of halogens is 1. The van der Waals surface area contributed by atoms with Gasteiger partial charge >= 0.3 is 11.2 Å². The molecule has 0 spiro atoms. The van der Waals surface area contributed by atoms with Gasteiger partial charge in [-0.3, -0.25) is 35.5 Å². The number of rotatable bonds is 3. The zero-order chi connectivity index (χ0) is 20.4. The predicted octanol–water partition coefficient (Wildman–Crippen LogP) is 1.51. The van der Waals surface area contributed by atoms with Gasteiger partial charge in [0, 0.05) is 31.1 Å². The molecule has 28 heavy (non-hydrogen) atoms. The topological polar surface area (TPSA) is 131 Å². The molecule has 2 aromatic rings. The van der Waals surface area contributed by atoms with Crippen LogP contribution in [0, 0.1) is 10.1 Å². The molecule has 3 rings (SSSR count). The Morgan fingerprint density at radius 2 is 2.14 bits per heavy atom. The number of hydrazine groups is 1. The highest BCUT2D eigenvalue weighted by molar-refractivity contribution is 7.80. The molecule has 0 saturated carbocycles. The molecule has 1 aromatic carbocycles. The Kier molecular flexibility index (Phi) is 5.38.